The number of carbonyl (C=O) groups excluding carboxylic acids is 1. The molecule has 2 rings (SSSR count). The molecule has 24 heavy (non-hydrogen) atoms. The molecular formula is C16H26N4O3S. The second-order valence-corrected chi connectivity index (χ2v) is 7.65. The molecule has 1 saturated heterocycles. The Morgan fingerprint density at radius 3 is 2.38 bits per heavy atom. The summed E-state index contributed by atoms with van der Waals surface area (Å²) in [6.45, 7) is 2.29. The van der Waals surface area contributed by atoms with Gasteiger partial charge in [0.15, 0.2) is 0 Å². The van der Waals surface area contributed by atoms with Crippen LogP contribution in [0.25, 0.3) is 0 Å². The molecule has 134 valence electrons. The van der Waals surface area contributed by atoms with Gasteiger partial charge < -0.3 is 10.6 Å². The number of nitrogens with two attached hydrogens (primary N) is 2. The van der Waals surface area contributed by atoms with Gasteiger partial charge in [0.25, 0.3) is 10.2 Å². The third-order valence-corrected chi connectivity index (χ3v) is 5.41. The van der Waals surface area contributed by atoms with Crippen LogP contribution in [0.2, 0.25) is 0 Å². The minimum absolute atomic E-state index is 0.0707. The van der Waals surface area contributed by atoms with Crippen LogP contribution in [0.5, 0.6) is 0 Å². The Labute approximate surface area is 143 Å². The van der Waals surface area contributed by atoms with E-state index in [2.05, 4.69) is 0 Å². The van der Waals surface area contributed by atoms with Gasteiger partial charge in [-0.1, -0.05) is 30.3 Å². The zero-order valence-corrected chi connectivity index (χ0v) is 14.6. The number of carbonyl (C=O) groups is 1. The van der Waals surface area contributed by atoms with Gasteiger partial charge in [0, 0.05) is 32.1 Å². The van der Waals surface area contributed by atoms with Crippen LogP contribution in [-0.2, 0) is 21.5 Å². The molecule has 1 aromatic carbocycles. The predicted octanol–water partition coefficient (Wildman–Crippen LogP) is 0.280. The Morgan fingerprint density at radius 1 is 1.21 bits per heavy atom. The zero-order chi connectivity index (χ0) is 17.6. The number of hydrogen-bond donors (Lipinski definition) is 2. The van der Waals surface area contributed by atoms with E-state index in [1.165, 1.54) is 4.31 Å². The van der Waals surface area contributed by atoms with Crippen molar-refractivity contribution >= 4 is 16.1 Å². The highest BCUT2D eigenvalue weighted by molar-refractivity contribution is 7.86. The highest BCUT2D eigenvalue weighted by Crippen LogP contribution is 2.22. The third kappa shape index (κ3) is 5.27. The average molecular weight is 354 g/mol. The number of benzene rings is 1. The summed E-state index contributed by atoms with van der Waals surface area (Å²) in [6.07, 6.45) is 1.75. The molecule has 0 aromatic heterocycles. The van der Waals surface area contributed by atoms with Crippen molar-refractivity contribution in [3.8, 4) is 0 Å². The molecule has 0 unspecified atom stereocenters. The van der Waals surface area contributed by atoms with Crippen molar-refractivity contribution < 1.29 is 13.2 Å². The Kier molecular flexibility index (Phi) is 6.73. The van der Waals surface area contributed by atoms with Crippen molar-refractivity contribution in [3.05, 3.63) is 35.9 Å². The lowest BCUT2D eigenvalue weighted by molar-refractivity contribution is -0.137. The second kappa shape index (κ2) is 8.57. The van der Waals surface area contributed by atoms with Crippen LogP contribution in [0.3, 0.4) is 0 Å². The summed E-state index contributed by atoms with van der Waals surface area (Å²) in [5.74, 6) is -0.0918. The highest BCUT2D eigenvalue weighted by Gasteiger charge is 2.31. The molecule has 0 radical (unpaired) electrons. The van der Waals surface area contributed by atoms with E-state index < -0.39 is 10.2 Å². The molecule has 4 N–H and O–H groups in total. The summed E-state index contributed by atoms with van der Waals surface area (Å²) in [4.78, 5) is 14.7. The maximum Gasteiger partial charge on any atom is 0.276 e. The maximum absolute atomic E-state index is 12.9. The molecule has 1 heterocycles. The molecule has 1 aromatic rings. The first kappa shape index (κ1) is 18.9. The average Bonchev–Trinajstić information content (AvgIpc) is 2.58. The monoisotopic (exact) mass is 354 g/mol. The van der Waals surface area contributed by atoms with E-state index in [1.807, 2.05) is 35.2 Å². The lowest BCUT2D eigenvalue weighted by Gasteiger charge is -2.33. The molecular weight excluding hydrogens is 328 g/mol. The van der Waals surface area contributed by atoms with Crippen molar-refractivity contribution in [2.75, 3.05) is 26.2 Å². The van der Waals surface area contributed by atoms with Gasteiger partial charge in [-0.05, 0) is 31.4 Å². The molecule has 8 heteroatoms. The summed E-state index contributed by atoms with van der Waals surface area (Å²) in [5, 5.41) is 5.15. The van der Waals surface area contributed by atoms with Crippen molar-refractivity contribution in [1.82, 2.24) is 9.21 Å². The summed E-state index contributed by atoms with van der Waals surface area (Å²) >= 11 is 0. The van der Waals surface area contributed by atoms with Gasteiger partial charge in [-0.3, -0.25) is 4.79 Å². The molecule has 1 aliphatic heterocycles. The minimum atomic E-state index is -3.67. The van der Waals surface area contributed by atoms with Crippen LogP contribution in [0.1, 0.15) is 24.8 Å². The Hall–Kier alpha value is -1.48. The lowest BCUT2D eigenvalue weighted by Crippen LogP contribution is -2.46. The Bertz CT molecular complexity index is 628. The zero-order valence-electron chi connectivity index (χ0n) is 13.8. The van der Waals surface area contributed by atoms with Crippen molar-refractivity contribution in [3.63, 3.8) is 0 Å². The highest BCUT2D eigenvalue weighted by atomic mass is 32.2. The van der Waals surface area contributed by atoms with E-state index in [1.54, 1.807) is 0 Å². The number of amides is 1. The van der Waals surface area contributed by atoms with Crippen molar-refractivity contribution in [2.24, 2.45) is 16.8 Å². The van der Waals surface area contributed by atoms with E-state index >= 15 is 0 Å². The SMILES string of the molecule is NCCCN(Cc1ccccc1)C(=O)C1CCN(S(N)(=O)=O)CC1. The first-order valence-electron chi connectivity index (χ1n) is 8.22. The molecule has 1 fully saturated rings. The first-order valence-corrected chi connectivity index (χ1v) is 9.73. The van der Waals surface area contributed by atoms with Gasteiger partial charge in [0.05, 0.1) is 0 Å². The Balaban J connectivity index is 2.00. The van der Waals surface area contributed by atoms with Gasteiger partial charge in [-0.15, -0.1) is 0 Å². The van der Waals surface area contributed by atoms with Crippen molar-refractivity contribution in [1.29, 1.82) is 0 Å². The third-order valence-electron chi connectivity index (χ3n) is 4.32. The molecule has 1 amide bonds. The van der Waals surface area contributed by atoms with Gasteiger partial charge in [-0.25, -0.2) is 5.14 Å². The fraction of sp³-hybridized carbons (Fsp3) is 0.562. The Morgan fingerprint density at radius 2 is 1.83 bits per heavy atom. The second-order valence-electron chi connectivity index (χ2n) is 6.11. The van der Waals surface area contributed by atoms with Crippen LogP contribution in [0, 0.1) is 5.92 Å². The topological polar surface area (TPSA) is 110 Å². The van der Waals surface area contributed by atoms with Crippen LogP contribution >= 0.6 is 0 Å². The fourth-order valence-electron chi connectivity index (χ4n) is 2.97. The van der Waals surface area contributed by atoms with Gasteiger partial charge >= 0.3 is 0 Å². The standard InChI is InChI=1S/C16H26N4O3S/c17-9-4-10-19(13-14-5-2-1-3-6-14)16(21)15-7-11-20(12-8-15)24(18,22)23/h1-3,5-6,15H,4,7-13,17H2,(H2,18,22,23). The van der Waals surface area contributed by atoms with Crippen molar-refractivity contribution in [2.45, 2.75) is 25.8 Å². The number of rotatable bonds is 7. The lowest BCUT2D eigenvalue weighted by atomic mass is 9.96. The van der Waals surface area contributed by atoms with Crippen LogP contribution < -0.4 is 10.9 Å². The number of piperidine rings is 1. The normalized spacial score (nSPS) is 16.9. The fourth-order valence-corrected chi connectivity index (χ4v) is 3.69. The van der Waals surface area contributed by atoms with E-state index in [0.717, 1.165) is 12.0 Å². The largest absolute Gasteiger partial charge is 0.338 e. The van der Waals surface area contributed by atoms with E-state index in [-0.39, 0.29) is 11.8 Å². The maximum atomic E-state index is 12.9. The molecule has 7 nitrogen and oxygen atoms in total. The molecule has 0 atom stereocenters. The number of nitrogens with zero attached hydrogens (tertiary/aromatic N) is 2. The molecule has 1 aliphatic rings. The smallest absolute Gasteiger partial charge is 0.276 e. The van der Waals surface area contributed by atoms with Crippen LogP contribution in [-0.4, -0.2) is 49.7 Å². The molecule has 0 spiro atoms. The summed E-state index contributed by atoms with van der Waals surface area (Å²) in [7, 11) is -3.67. The summed E-state index contributed by atoms with van der Waals surface area (Å²) in [6, 6.07) is 9.83. The summed E-state index contributed by atoms with van der Waals surface area (Å²) in [5.41, 5.74) is 6.66. The first-order chi connectivity index (χ1) is 11.4. The summed E-state index contributed by atoms with van der Waals surface area (Å²) < 4.78 is 24.0. The minimum Gasteiger partial charge on any atom is -0.338 e. The predicted molar refractivity (Wildman–Crippen MR) is 92.9 cm³/mol. The van der Waals surface area contributed by atoms with Gasteiger partial charge in [0.1, 0.15) is 0 Å². The van der Waals surface area contributed by atoms with E-state index in [9.17, 15) is 13.2 Å². The van der Waals surface area contributed by atoms with Gasteiger partial charge in [-0.2, -0.15) is 12.7 Å². The quantitative estimate of drug-likeness (QED) is 0.733. The molecule has 0 bridgehead atoms. The molecule has 0 aliphatic carbocycles. The van der Waals surface area contributed by atoms with E-state index in [0.29, 0.717) is 45.6 Å². The van der Waals surface area contributed by atoms with E-state index in [4.69, 9.17) is 10.9 Å². The van der Waals surface area contributed by atoms with Crippen LogP contribution in [0.15, 0.2) is 30.3 Å². The van der Waals surface area contributed by atoms with Gasteiger partial charge in [0.2, 0.25) is 5.91 Å². The number of hydrogen-bond acceptors (Lipinski definition) is 4. The van der Waals surface area contributed by atoms with Crippen LogP contribution in [0.4, 0.5) is 0 Å². The molecule has 0 saturated carbocycles.